The molecule has 1 heteroatoms. The summed E-state index contributed by atoms with van der Waals surface area (Å²) in [4.78, 5) is 0. The van der Waals surface area contributed by atoms with Crippen LogP contribution >= 0.6 is 0 Å². The zero-order valence-electron chi connectivity index (χ0n) is 7.69. The molecule has 0 aromatic rings. The van der Waals surface area contributed by atoms with E-state index in [9.17, 15) is 0 Å². The van der Waals surface area contributed by atoms with Crippen LogP contribution < -0.4 is 5.32 Å². The third-order valence-corrected chi connectivity index (χ3v) is 2.23. The summed E-state index contributed by atoms with van der Waals surface area (Å²) in [5.41, 5.74) is 1.62. The Balaban J connectivity index is 2.11. The Morgan fingerprint density at radius 3 is 2.73 bits per heavy atom. The van der Waals surface area contributed by atoms with E-state index in [0.717, 1.165) is 19.0 Å². The molecule has 64 valence electrons. The third-order valence-electron chi connectivity index (χ3n) is 2.23. The topological polar surface area (TPSA) is 12.0 Å². The quantitative estimate of drug-likeness (QED) is 0.472. The lowest BCUT2D eigenvalue weighted by Crippen LogP contribution is -2.18. The van der Waals surface area contributed by atoms with Crippen LogP contribution in [0.25, 0.3) is 0 Å². The van der Waals surface area contributed by atoms with Crippen LogP contribution in [0.5, 0.6) is 0 Å². The molecule has 0 aromatic heterocycles. The molecule has 1 aliphatic carbocycles. The molecule has 0 saturated heterocycles. The van der Waals surface area contributed by atoms with E-state index in [1.54, 1.807) is 5.57 Å². The van der Waals surface area contributed by atoms with Gasteiger partial charge in [-0.05, 0) is 38.6 Å². The highest BCUT2D eigenvalue weighted by atomic mass is 14.8. The second-order valence-electron chi connectivity index (χ2n) is 3.31. The first-order valence-corrected chi connectivity index (χ1v) is 4.74. The van der Waals surface area contributed by atoms with E-state index < -0.39 is 0 Å². The van der Waals surface area contributed by atoms with Crippen LogP contribution in [0.3, 0.4) is 0 Å². The van der Waals surface area contributed by atoms with Crippen molar-refractivity contribution in [2.45, 2.75) is 33.1 Å². The van der Waals surface area contributed by atoms with Gasteiger partial charge in [0.1, 0.15) is 0 Å². The monoisotopic (exact) mass is 153 g/mol. The van der Waals surface area contributed by atoms with E-state index in [4.69, 9.17) is 0 Å². The van der Waals surface area contributed by atoms with Crippen LogP contribution in [0, 0.1) is 5.92 Å². The molecular weight excluding hydrogens is 134 g/mol. The van der Waals surface area contributed by atoms with Gasteiger partial charge in [0.25, 0.3) is 0 Å². The highest BCUT2D eigenvalue weighted by Gasteiger charge is 2.24. The molecule has 11 heavy (non-hydrogen) atoms. The largest absolute Gasteiger partial charge is 0.313 e. The number of hydrogen-bond acceptors (Lipinski definition) is 1. The van der Waals surface area contributed by atoms with Gasteiger partial charge < -0.3 is 5.32 Å². The van der Waals surface area contributed by atoms with Crippen molar-refractivity contribution in [3.8, 4) is 0 Å². The van der Waals surface area contributed by atoms with Gasteiger partial charge in [-0.15, -0.1) is 0 Å². The van der Waals surface area contributed by atoms with E-state index in [1.165, 1.54) is 19.3 Å². The van der Waals surface area contributed by atoms with Gasteiger partial charge in [0.2, 0.25) is 0 Å². The zero-order chi connectivity index (χ0) is 8.10. The minimum Gasteiger partial charge on any atom is -0.313 e. The van der Waals surface area contributed by atoms with Gasteiger partial charge in [-0.2, -0.15) is 0 Å². The van der Waals surface area contributed by atoms with Crippen molar-refractivity contribution in [3.05, 3.63) is 11.6 Å². The second kappa shape index (κ2) is 4.55. The highest BCUT2D eigenvalue weighted by molar-refractivity contribution is 5.12. The Bertz CT molecular complexity index is 134. The molecule has 0 unspecified atom stereocenters. The lowest BCUT2D eigenvalue weighted by Gasteiger charge is -2.05. The molecule has 1 N–H and O–H groups in total. The van der Waals surface area contributed by atoms with E-state index in [0.29, 0.717) is 0 Å². The zero-order valence-corrected chi connectivity index (χ0v) is 7.69. The fraction of sp³-hybridized carbons (Fsp3) is 0.800. The van der Waals surface area contributed by atoms with Gasteiger partial charge in [-0.3, -0.25) is 0 Å². The molecule has 1 rings (SSSR count). The summed E-state index contributed by atoms with van der Waals surface area (Å²) in [6.45, 7) is 6.64. The van der Waals surface area contributed by atoms with Crippen LogP contribution in [0.2, 0.25) is 0 Å². The number of rotatable bonds is 5. The molecule has 0 radical (unpaired) electrons. The summed E-state index contributed by atoms with van der Waals surface area (Å²) < 4.78 is 0. The maximum atomic E-state index is 3.44. The maximum absolute atomic E-state index is 3.44. The molecule has 1 saturated carbocycles. The summed E-state index contributed by atoms with van der Waals surface area (Å²) in [6, 6.07) is 0. The predicted molar refractivity (Wildman–Crippen MR) is 49.6 cm³/mol. The Labute approximate surface area is 69.9 Å². The third kappa shape index (κ3) is 3.06. The molecule has 0 aliphatic heterocycles. The standard InChI is InChI=1S/C10H19N/c1-3-7-11-8-9(4-2)10-5-6-10/h4,10-11H,3,5-8H2,1-2H3/b9-4+. The average molecular weight is 153 g/mol. The van der Waals surface area contributed by atoms with Gasteiger partial charge in [-0.1, -0.05) is 18.6 Å². The minimum atomic E-state index is 0.935. The molecule has 1 nitrogen and oxygen atoms in total. The predicted octanol–water partition coefficient (Wildman–Crippen LogP) is 2.34. The first kappa shape index (κ1) is 8.79. The second-order valence-corrected chi connectivity index (χ2v) is 3.31. The molecule has 0 heterocycles. The Kier molecular flexibility index (Phi) is 3.64. The molecule has 0 aromatic carbocycles. The number of nitrogens with one attached hydrogen (secondary N) is 1. The first-order valence-electron chi connectivity index (χ1n) is 4.74. The Morgan fingerprint density at radius 1 is 1.55 bits per heavy atom. The van der Waals surface area contributed by atoms with E-state index >= 15 is 0 Å². The van der Waals surface area contributed by atoms with Crippen molar-refractivity contribution in [1.29, 1.82) is 0 Å². The SMILES string of the molecule is C/C=C(\CNCCC)C1CC1. The summed E-state index contributed by atoms with van der Waals surface area (Å²) in [5.74, 6) is 0.935. The van der Waals surface area contributed by atoms with Crippen LogP contribution in [0.15, 0.2) is 11.6 Å². The number of hydrogen-bond donors (Lipinski definition) is 1. The van der Waals surface area contributed by atoms with Crippen molar-refractivity contribution in [1.82, 2.24) is 5.32 Å². The Morgan fingerprint density at radius 2 is 2.27 bits per heavy atom. The number of allylic oxidation sites excluding steroid dienone is 1. The maximum Gasteiger partial charge on any atom is 0.0167 e. The molecule has 0 atom stereocenters. The van der Waals surface area contributed by atoms with Gasteiger partial charge in [0.15, 0.2) is 0 Å². The van der Waals surface area contributed by atoms with E-state index in [2.05, 4.69) is 25.2 Å². The van der Waals surface area contributed by atoms with Gasteiger partial charge in [0, 0.05) is 6.54 Å². The molecule has 0 spiro atoms. The smallest absolute Gasteiger partial charge is 0.0167 e. The lowest BCUT2D eigenvalue weighted by molar-refractivity contribution is 0.693. The van der Waals surface area contributed by atoms with Crippen molar-refractivity contribution in [2.24, 2.45) is 5.92 Å². The van der Waals surface area contributed by atoms with Crippen LogP contribution in [0.1, 0.15) is 33.1 Å². The van der Waals surface area contributed by atoms with E-state index in [-0.39, 0.29) is 0 Å². The summed E-state index contributed by atoms with van der Waals surface area (Å²) in [5, 5.41) is 3.44. The van der Waals surface area contributed by atoms with Crippen molar-refractivity contribution in [3.63, 3.8) is 0 Å². The van der Waals surface area contributed by atoms with Gasteiger partial charge in [-0.25, -0.2) is 0 Å². The lowest BCUT2D eigenvalue weighted by atomic mass is 10.1. The molecule has 0 amide bonds. The normalized spacial score (nSPS) is 18.9. The average Bonchev–Trinajstić information content (AvgIpc) is 2.81. The first-order chi connectivity index (χ1) is 5.38. The molecular formula is C10H19N. The summed E-state index contributed by atoms with van der Waals surface area (Å²) in [6.07, 6.45) is 6.36. The van der Waals surface area contributed by atoms with Crippen LogP contribution in [-0.4, -0.2) is 13.1 Å². The van der Waals surface area contributed by atoms with Gasteiger partial charge >= 0.3 is 0 Å². The van der Waals surface area contributed by atoms with Crippen LogP contribution in [-0.2, 0) is 0 Å². The summed E-state index contributed by atoms with van der Waals surface area (Å²) >= 11 is 0. The van der Waals surface area contributed by atoms with Gasteiger partial charge in [0.05, 0.1) is 0 Å². The van der Waals surface area contributed by atoms with E-state index in [1.807, 2.05) is 0 Å². The van der Waals surface area contributed by atoms with Crippen LogP contribution in [0.4, 0.5) is 0 Å². The highest BCUT2D eigenvalue weighted by Crippen LogP contribution is 2.35. The van der Waals surface area contributed by atoms with Crippen molar-refractivity contribution < 1.29 is 0 Å². The minimum absolute atomic E-state index is 0.935. The van der Waals surface area contributed by atoms with Crippen molar-refractivity contribution in [2.75, 3.05) is 13.1 Å². The molecule has 1 fully saturated rings. The Hall–Kier alpha value is -0.300. The van der Waals surface area contributed by atoms with Crippen molar-refractivity contribution >= 4 is 0 Å². The fourth-order valence-electron chi connectivity index (χ4n) is 1.35. The fourth-order valence-corrected chi connectivity index (χ4v) is 1.35. The molecule has 0 bridgehead atoms. The summed E-state index contributed by atoms with van der Waals surface area (Å²) in [7, 11) is 0. The molecule has 1 aliphatic rings.